The first-order valence-electron chi connectivity index (χ1n) is 2.25. The predicted molar refractivity (Wildman–Crippen MR) is 28.8 cm³/mol. The quantitative estimate of drug-likeness (QED) is 0.321. The summed E-state index contributed by atoms with van der Waals surface area (Å²) >= 11 is 0. The molecule has 0 aliphatic rings. The van der Waals surface area contributed by atoms with Gasteiger partial charge in [0.15, 0.2) is 0 Å². The van der Waals surface area contributed by atoms with Crippen molar-refractivity contribution in [1.29, 1.82) is 0 Å². The fourth-order valence-electron chi connectivity index (χ4n) is 0.206. The maximum absolute atomic E-state index is 9.75. The summed E-state index contributed by atoms with van der Waals surface area (Å²) in [5, 5.41) is 8.12. The molecular formula is C3H8O5P+. The molecule has 0 rings (SSSR count). The number of aliphatic hydroxyl groups excluding tert-OH is 1. The smallest absolute Gasteiger partial charge is 0.394 e. The van der Waals surface area contributed by atoms with Crippen molar-refractivity contribution in [3.63, 3.8) is 0 Å². The molecule has 1 atom stereocenters. The van der Waals surface area contributed by atoms with Crippen LogP contribution in [0.3, 0.4) is 0 Å². The van der Waals surface area contributed by atoms with E-state index in [9.17, 15) is 4.57 Å². The van der Waals surface area contributed by atoms with E-state index in [4.69, 9.17) is 10.00 Å². The van der Waals surface area contributed by atoms with E-state index >= 15 is 0 Å². The average molecular weight is 155 g/mol. The van der Waals surface area contributed by atoms with E-state index in [2.05, 4.69) is 9.26 Å². The number of hydrogen-bond acceptors (Lipinski definition) is 4. The van der Waals surface area contributed by atoms with Gasteiger partial charge in [-0.15, -0.1) is 4.89 Å². The minimum atomic E-state index is -2.57. The van der Waals surface area contributed by atoms with Gasteiger partial charge in [-0.3, -0.25) is 0 Å². The normalized spacial score (nSPS) is 11.6. The monoisotopic (exact) mass is 155 g/mol. The summed E-state index contributed by atoms with van der Waals surface area (Å²) in [7, 11) is -2.57. The Kier molecular flexibility index (Phi) is 6.03. The Morgan fingerprint density at radius 2 is 2.22 bits per heavy atom. The molecule has 0 amide bonds. The van der Waals surface area contributed by atoms with Gasteiger partial charge in [0.05, 0.1) is 13.2 Å². The fraction of sp³-hybridized carbons (Fsp3) is 1.00. The third-order valence-corrected chi connectivity index (χ3v) is 0.808. The van der Waals surface area contributed by atoms with E-state index in [-0.39, 0.29) is 20.0 Å². The van der Waals surface area contributed by atoms with E-state index in [0.717, 1.165) is 0 Å². The molecule has 0 aliphatic heterocycles. The van der Waals surface area contributed by atoms with Gasteiger partial charge in [-0.2, -0.15) is 0 Å². The maximum atomic E-state index is 9.75. The molecule has 5 nitrogen and oxygen atoms in total. The van der Waals surface area contributed by atoms with Gasteiger partial charge in [-0.25, -0.2) is 0 Å². The van der Waals surface area contributed by atoms with Gasteiger partial charge in [0.2, 0.25) is 6.79 Å². The third-order valence-electron chi connectivity index (χ3n) is 0.482. The minimum Gasteiger partial charge on any atom is -0.394 e. The van der Waals surface area contributed by atoms with Crippen LogP contribution in [0.15, 0.2) is 0 Å². The maximum Gasteiger partial charge on any atom is 0.697 e. The van der Waals surface area contributed by atoms with Crippen LogP contribution in [0.1, 0.15) is 0 Å². The lowest BCUT2D eigenvalue weighted by atomic mass is 10.8. The van der Waals surface area contributed by atoms with Crippen LogP contribution in [0.4, 0.5) is 0 Å². The summed E-state index contributed by atoms with van der Waals surface area (Å²) in [6, 6.07) is 0. The molecule has 0 spiro atoms. The third kappa shape index (κ3) is 7.94. The molecule has 0 aromatic heterocycles. The number of ether oxygens (including phenoxy) is 1. The Hall–Kier alpha value is -0.0600. The molecule has 0 aromatic carbocycles. The summed E-state index contributed by atoms with van der Waals surface area (Å²) in [5.41, 5.74) is 0. The summed E-state index contributed by atoms with van der Waals surface area (Å²) in [6.45, 7) is -0.263. The van der Waals surface area contributed by atoms with E-state index < -0.39 is 8.25 Å². The van der Waals surface area contributed by atoms with Crippen LogP contribution in [0.5, 0.6) is 0 Å². The first-order valence-corrected chi connectivity index (χ1v) is 3.38. The highest BCUT2D eigenvalue weighted by molar-refractivity contribution is 7.32. The first-order chi connectivity index (χ1) is 4.27. The highest BCUT2D eigenvalue weighted by Crippen LogP contribution is 2.12. The van der Waals surface area contributed by atoms with Crippen molar-refractivity contribution in [2.24, 2.45) is 0 Å². The predicted octanol–water partition coefficient (Wildman–Crippen LogP) is -0.381. The Labute approximate surface area is 53.2 Å². The summed E-state index contributed by atoms with van der Waals surface area (Å²) in [5.74, 6) is 0. The van der Waals surface area contributed by atoms with Crippen molar-refractivity contribution in [2.45, 2.75) is 0 Å². The second-order valence-corrected chi connectivity index (χ2v) is 1.85. The van der Waals surface area contributed by atoms with E-state index in [1.165, 1.54) is 0 Å². The molecule has 54 valence electrons. The second-order valence-electron chi connectivity index (χ2n) is 1.12. The second kappa shape index (κ2) is 6.07. The van der Waals surface area contributed by atoms with Crippen molar-refractivity contribution in [2.75, 3.05) is 20.0 Å². The van der Waals surface area contributed by atoms with E-state index in [1.54, 1.807) is 0 Å². The number of aliphatic hydroxyl groups is 1. The lowest BCUT2D eigenvalue weighted by Crippen LogP contribution is -2.00. The van der Waals surface area contributed by atoms with Crippen LogP contribution < -0.4 is 0 Å². The molecule has 1 unspecified atom stereocenters. The van der Waals surface area contributed by atoms with Gasteiger partial charge in [0.25, 0.3) is 0 Å². The zero-order valence-electron chi connectivity index (χ0n) is 4.69. The molecule has 0 radical (unpaired) electrons. The Bertz CT molecular complexity index is 84.3. The SMILES string of the molecule is O=[P+](O)OCOCCO. The molecule has 0 bridgehead atoms. The molecule has 0 aromatic rings. The standard InChI is InChI=1S/C3H7O5P/c4-1-2-7-3-8-9(5)6/h4H,1-3H2/p+1. The van der Waals surface area contributed by atoms with Gasteiger partial charge in [0.1, 0.15) is 0 Å². The van der Waals surface area contributed by atoms with Crippen molar-refractivity contribution in [3.05, 3.63) is 0 Å². The van der Waals surface area contributed by atoms with Gasteiger partial charge in [-0.05, 0) is 0 Å². The zero-order valence-corrected chi connectivity index (χ0v) is 5.58. The Balaban J connectivity index is 2.83. The highest BCUT2D eigenvalue weighted by Gasteiger charge is 2.09. The first kappa shape index (κ1) is 8.94. The molecule has 9 heavy (non-hydrogen) atoms. The Morgan fingerprint density at radius 1 is 1.56 bits per heavy atom. The molecule has 0 saturated carbocycles. The molecule has 0 aliphatic carbocycles. The fourth-order valence-corrected chi connectivity index (χ4v) is 0.371. The molecular weight excluding hydrogens is 147 g/mol. The van der Waals surface area contributed by atoms with Crippen LogP contribution in [0, 0.1) is 0 Å². The van der Waals surface area contributed by atoms with E-state index in [0.29, 0.717) is 0 Å². The molecule has 0 fully saturated rings. The van der Waals surface area contributed by atoms with Crippen molar-refractivity contribution >= 4 is 8.25 Å². The van der Waals surface area contributed by atoms with Crippen LogP contribution in [0.25, 0.3) is 0 Å². The van der Waals surface area contributed by atoms with Crippen molar-refractivity contribution < 1.29 is 23.8 Å². The number of rotatable bonds is 5. The Morgan fingerprint density at radius 3 is 2.67 bits per heavy atom. The summed E-state index contributed by atoms with van der Waals surface area (Å²) in [4.78, 5) is 8.00. The van der Waals surface area contributed by atoms with Gasteiger partial charge >= 0.3 is 8.25 Å². The molecule has 0 saturated heterocycles. The van der Waals surface area contributed by atoms with Crippen LogP contribution in [-0.2, 0) is 13.8 Å². The van der Waals surface area contributed by atoms with Crippen LogP contribution >= 0.6 is 8.25 Å². The molecule has 2 N–H and O–H groups in total. The van der Waals surface area contributed by atoms with Crippen LogP contribution in [0.2, 0.25) is 0 Å². The van der Waals surface area contributed by atoms with Crippen LogP contribution in [-0.4, -0.2) is 30.0 Å². The van der Waals surface area contributed by atoms with Gasteiger partial charge in [-0.1, -0.05) is 4.52 Å². The minimum absolute atomic E-state index is 0.114. The average Bonchev–Trinajstić information content (AvgIpc) is 1.80. The highest BCUT2D eigenvalue weighted by atomic mass is 31.1. The summed E-state index contributed by atoms with van der Waals surface area (Å²) in [6.07, 6.45) is 0. The largest absolute Gasteiger partial charge is 0.697 e. The van der Waals surface area contributed by atoms with Crippen molar-refractivity contribution in [3.8, 4) is 0 Å². The van der Waals surface area contributed by atoms with Gasteiger partial charge in [0, 0.05) is 4.57 Å². The van der Waals surface area contributed by atoms with E-state index in [1.807, 2.05) is 0 Å². The molecule has 6 heteroatoms. The molecule has 0 heterocycles. The lowest BCUT2D eigenvalue weighted by molar-refractivity contribution is -0.00212. The topological polar surface area (TPSA) is 76.0 Å². The lowest BCUT2D eigenvalue weighted by Gasteiger charge is -1.91. The number of hydrogen-bond donors (Lipinski definition) is 2. The van der Waals surface area contributed by atoms with Gasteiger partial charge < -0.3 is 9.84 Å². The summed E-state index contributed by atoms with van der Waals surface area (Å²) < 4.78 is 18.3. The van der Waals surface area contributed by atoms with Crippen molar-refractivity contribution in [1.82, 2.24) is 0 Å². The zero-order chi connectivity index (χ0) is 7.11.